The van der Waals surface area contributed by atoms with Crippen LogP contribution in [-0.4, -0.2) is 29.0 Å². The summed E-state index contributed by atoms with van der Waals surface area (Å²) in [5.74, 6) is -1.43. The lowest BCUT2D eigenvalue weighted by Gasteiger charge is -2.18. The normalized spacial score (nSPS) is 11.5. The van der Waals surface area contributed by atoms with Crippen LogP contribution in [0.2, 0.25) is 0 Å². The number of hydrogen-bond acceptors (Lipinski definition) is 4. The molecule has 1 atom stereocenters. The van der Waals surface area contributed by atoms with E-state index in [0.717, 1.165) is 11.1 Å². The van der Waals surface area contributed by atoms with Crippen molar-refractivity contribution in [2.75, 3.05) is 5.32 Å². The SMILES string of the molecule is O=C(C=Cc1ccccc1)N[C@@H](Cc1ccccc1)C(=O)Nc1ccc(C(=O)NO)cc1. The number of anilines is 1. The van der Waals surface area contributed by atoms with E-state index in [1.54, 1.807) is 23.7 Å². The molecule has 0 aliphatic rings. The quantitative estimate of drug-likeness (QED) is 0.251. The van der Waals surface area contributed by atoms with Crippen LogP contribution >= 0.6 is 0 Å². The van der Waals surface area contributed by atoms with Gasteiger partial charge in [0.25, 0.3) is 5.91 Å². The second-order valence-electron chi connectivity index (χ2n) is 7.00. The Labute approximate surface area is 185 Å². The molecular weight excluding hydrogens is 406 g/mol. The fourth-order valence-electron chi connectivity index (χ4n) is 3.01. The average molecular weight is 429 g/mol. The van der Waals surface area contributed by atoms with Crippen LogP contribution in [0.15, 0.2) is 91.0 Å². The van der Waals surface area contributed by atoms with E-state index in [0.29, 0.717) is 12.1 Å². The lowest BCUT2D eigenvalue weighted by atomic mass is 10.0. The molecule has 3 aromatic carbocycles. The van der Waals surface area contributed by atoms with E-state index in [2.05, 4.69) is 10.6 Å². The molecule has 0 aliphatic carbocycles. The predicted octanol–water partition coefficient (Wildman–Crippen LogP) is 3.19. The molecule has 7 nitrogen and oxygen atoms in total. The summed E-state index contributed by atoms with van der Waals surface area (Å²) in [5, 5.41) is 14.2. The Hall–Kier alpha value is -4.23. The number of hydroxylamine groups is 1. The molecule has 0 saturated heterocycles. The summed E-state index contributed by atoms with van der Waals surface area (Å²) in [7, 11) is 0. The largest absolute Gasteiger partial charge is 0.340 e. The maximum Gasteiger partial charge on any atom is 0.274 e. The van der Waals surface area contributed by atoms with Crippen LogP contribution in [0.4, 0.5) is 5.69 Å². The highest BCUT2D eigenvalue weighted by Gasteiger charge is 2.21. The zero-order valence-electron chi connectivity index (χ0n) is 17.2. The highest BCUT2D eigenvalue weighted by atomic mass is 16.5. The van der Waals surface area contributed by atoms with E-state index in [-0.39, 0.29) is 11.5 Å². The third-order valence-electron chi connectivity index (χ3n) is 4.66. The number of amides is 3. The zero-order chi connectivity index (χ0) is 22.8. The van der Waals surface area contributed by atoms with Gasteiger partial charge in [-0.05, 0) is 41.5 Å². The summed E-state index contributed by atoms with van der Waals surface area (Å²) in [5.41, 5.74) is 4.02. The molecule has 3 aromatic rings. The highest BCUT2D eigenvalue weighted by molar-refractivity contribution is 6.00. The minimum atomic E-state index is -0.814. The van der Waals surface area contributed by atoms with E-state index in [9.17, 15) is 14.4 Å². The maximum atomic E-state index is 12.9. The van der Waals surface area contributed by atoms with E-state index < -0.39 is 17.9 Å². The first-order valence-electron chi connectivity index (χ1n) is 9.98. The topological polar surface area (TPSA) is 108 Å². The first-order chi connectivity index (χ1) is 15.5. The Morgan fingerprint density at radius 1 is 0.844 bits per heavy atom. The number of rotatable bonds is 8. The number of nitrogens with one attached hydrogen (secondary N) is 3. The van der Waals surface area contributed by atoms with Gasteiger partial charge in [-0.15, -0.1) is 0 Å². The van der Waals surface area contributed by atoms with Gasteiger partial charge in [-0.25, -0.2) is 5.48 Å². The lowest BCUT2D eigenvalue weighted by molar-refractivity contribution is -0.123. The number of carbonyl (C=O) groups is 3. The number of benzene rings is 3. The second kappa shape index (κ2) is 11.2. The van der Waals surface area contributed by atoms with Crippen LogP contribution in [0.1, 0.15) is 21.5 Å². The van der Waals surface area contributed by atoms with E-state index in [1.807, 2.05) is 60.7 Å². The molecular formula is C25H23N3O4. The molecule has 0 aromatic heterocycles. The summed E-state index contributed by atoms with van der Waals surface area (Å²) in [6.45, 7) is 0. The van der Waals surface area contributed by atoms with Crippen molar-refractivity contribution in [3.05, 3.63) is 108 Å². The summed E-state index contributed by atoms with van der Waals surface area (Å²) in [4.78, 5) is 36.9. The molecule has 4 N–H and O–H groups in total. The highest BCUT2D eigenvalue weighted by Crippen LogP contribution is 2.12. The lowest BCUT2D eigenvalue weighted by Crippen LogP contribution is -2.44. The van der Waals surface area contributed by atoms with Crippen molar-refractivity contribution in [3.8, 4) is 0 Å². The van der Waals surface area contributed by atoms with Crippen LogP contribution in [0, 0.1) is 0 Å². The van der Waals surface area contributed by atoms with Gasteiger partial charge < -0.3 is 10.6 Å². The summed E-state index contributed by atoms with van der Waals surface area (Å²) in [6, 6.07) is 24.0. The molecule has 3 rings (SSSR count). The number of hydrogen-bond donors (Lipinski definition) is 4. The Morgan fingerprint density at radius 3 is 2.09 bits per heavy atom. The van der Waals surface area contributed by atoms with Crippen molar-refractivity contribution in [3.63, 3.8) is 0 Å². The molecule has 0 heterocycles. The van der Waals surface area contributed by atoms with E-state index >= 15 is 0 Å². The minimum Gasteiger partial charge on any atom is -0.340 e. The van der Waals surface area contributed by atoms with Gasteiger partial charge in [0.05, 0.1) is 0 Å². The fourth-order valence-corrected chi connectivity index (χ4v) is 3.01. The van der Waals surface area contributed by atoms with Gasteiger partial charge in [-0.1, -0.05) is 60.7 Å². The van der Waals surface area contributed by atoms with Crippen LogP contribution in [0.3, 0.4) is 0 Å². The van der Waals surface area contributed by atoms with Gasteiger partial charge in [-0.3, -0.25) is 19.6 Å². The van der Waals surface area contributed by atoms with Gasteiger partial charge in [0.1, 0.15) is 6.04 Å². The van der Waals surface area contributed by atoms with Crippen molar-refractivity contribution < 1.29 is 19.6 Å². The predicted molar refractivity (Wildman–Crippen MR) is 122 cm³/mol. The summed E-state index contributed by atoms with van der Waals surface area (Å²) in [6.07, 6.45) is 3.38. The van der Waals surface area contributed by atoms with Crippen molar-refractivity contribution in [2.45, 2.75) is 12.5 Å². The molecule has 0 unspecified atom stereocenters. The van der Waals surface area contributed by atoms with Crippen molar-refractivity contribution >= 4 is 29.5 Å². The van der Waals surface area contributed by atoms with Gasteiger partial charge in [-0.2, -0.15) is 0 Å². The maximum absolute atomic E-state index is 12.9. The minimum absolute atomic E-state index is 0.241. The third kappa shape index (κ3) is 6.65. The van der Waals surface area contributed by atoms with E-state index in [1.165, 1.54) is 18.2 Å². The smallest absolute Gasteiger partial charge is 0.274 e. The van der Waals surface area contributed by atoms with E-state index in [4.69, 9.17) is 5.21 Å². The molecule has 0 radical (unpaired) electrons. The van der Waals surface area contributed by atoms with Crippen molar-refractivity contribution in [1.82, 2.24) is 10.8 Å². The van der Waals surface area contributed by atoms with Gasteiger partial charge in [0.2, 0.25) is 11.8 Å². The molecule has 0 aliphatic heterocycles. The molecule has 3 amide bonds. The number of carbonyl (C=O) groups excluding carboxylic acids is 3. The third-order valence-corrected chi connectivity index (χ3v) is 4.66. The molecule has 0 fully saturated rings. The summed E-state index contributed by atoms with van der Waals surface area (Å²) >= 11 is 0. The Morgan fingerprint density at radius 2 is 1.47 bits per heavy atom. The van der Waals surface area contributed by atoms with Crippen molar-refractivity contribution in [2.24, 2.45) is 0 Å². The van der Waals surface area contributed by atoms with Crippen LogP contribution in [0.5, 0.6) is 0 Å². The first kappa shape index (κ1) is 22.5. The monoisotopic (exact) mass is 429 g/mol. The van der Waals surface area contributed by atoms with Crippen molar-refractivity contribution in [1.29, 1.82) is 0 Å². The Bertz CT molecular complexity index is 1080. The molecule has 7 heteroatoms. The zero-order valence-corrected chi connectivity index (χ0v) is 17.2. The molecule has 32 heavy (non-hydrogen) atoms. The Kier molecular flexibility index (Phi) is 7.89. The summed E-state index contributed by atoms with van der Waals surface area (Å²) < 4.78 is 0. The fraction of sp³-hybridized carbons (Fsp3) is 0.0800. The average Bonchev–Trinajstić information content (AvgIpc) is 2.83. The standard InChI is InChI=1S/C25H23N3O4/c29-23(16-11-18-7-3-1-4-8-18)27-22(17-19-9-5-2-6-10-19)25(31)26-21-14-12-20(13-15-21)24(30)28-32/h1-16,22,32H,17H2,(H,26,31)(H,27,29)(H,28,30)/t22-/m0/s1. The molecule has 0 spiro atoms. The Balaban J connectivity index is 1.71. The second-order valence-corrected chi connectivity index (χ2v) is 7.00. The molecule has 162 valence electrons. The van der Waals surface area contributed by atoms with Crippen LogP contribution < -0.4 is 16.1 Å². The van der Waals surface area contributed by atoms with Crippen LogP contribution in [0.25, 0.3) is 6.08 Å². The molecule has 0 saturated carbocycles. The van der Waals surface area contributed by atoms with Crippen LogP contribution in [-0.2, 0) is 16.0 Å². The van der Waals surface area contributed by atoms with Gasteiger partial charge >= 0.3 is 0 Å². The van der Waals surface area contributed by atoms with Gasteiger partial charge in [0, 0.05) is 23.7 Å². The molecule has 0 bridgehead atoms. The first-order valence-corrected chi connectivity index (χ1v) is 9.98. The van der Waals surface area contributed by atoms with Gasteiger partial charge in [0.15, 0.2) is 0 Å².